The molecule has 3 rings (SSSR count). The molecule has 0 saturated heterocycles. The molecule has 100 valence electrons. The predicted molar refractivity (Wildman–Crippen MR) is 74.5 cm³/mol. The average molecular weight is 277 g/mol. The van der Waals surface area contributed by atoms with Gasteiger partial charge in [0.1, 0.15) is 5.76 Å². The van der Waals surface area contributed by atoms with Crippen molar-refractivity contribution in [2.75, 3.05) is 11.9 Å². The summed E-state index contributed by atoms with van der Waals surface area (Å²) >= 11 is 1.56. The fourth-order valence-electron chi connectivity index (χ4n) is 2.18. The van der Waals surface area contributed by atoms with Gasteiger partial charge in [-0.25, -0.2) is 4.98 Å². The maximum atomic E-state index is 9.55. The first-order chi connectivity index (χ1) is 9.20. The number of rotatable bonds is 4. The minimum Gasteiger partial charge on any atom is -0.469 e. The van der Waals surface area contributed by atoms with Crippen LogP contribution < -0.4 is 4.90 Å². The maximum absolute atomic E-state index is 9.55. The van der Waals surface area contributed by atoms with Gasteiger partial charge in [-0.1, -0.05) is 0 Å². The van der Waals surface area contributed by atoms with Gasteiger partial charge in [0.2, 0.25) is 0 Å². The van der Waals surface area contributed by atoms with Crippen LogP contribution in [0.3, 0.4) is 0 Å². The summed E-state index contributed by atoms with van der Waals surface area (Å²) in [6, 6.07) is 1.96. The molecule has 0 unspecified atom stereocenters. The summed E-state index contributed by atoms with van der Waals surface area (Å²) in [6.45, 7) is 2.63. The van der Waals surface area contributed by atoms with E-state index in [1.807, 2.05) is 40.9 Å². The molecule has 6 heteroatoms. The minimum absolute atomic E-state index is 0.0259. The molecule has 19 heavy (non-hydrogen) atoms. The van der Waals surface area contributed by atoms with E-state index in [0.29, 0.717) is 6.54 Å². The van der Waals surface area contributed by atoms with Crippen molar-refractivity contribution in [2.24, 2.45) is 0 Å². The Morgan fingerprint density at radius 2 is 2.37 bits per heavy atom. The van der Waals surface area contributed by atoms with Crippen LogP contribution in [0.4, 0.5) is 5.82 Å². The summed E-state index contributed by atoms with van der Waals surface area (Å²) in [5.74, 6) is 1.73. The van der Waals surface area contributed by atoms with Gasteiger partial charge in [0.25, 0.3) is 0 Å². The zero-order valence-corrected chi connectivity index (χ0v) is 11.6. The number of thiazole rings is 1. The van der Waals surface area contributed by atoms with E-state index in [2.05, 4.69) is 4.98 Å². The number of aryl methyl sites for hydroxylation is 1. The molecule has 1 N–H and O–H groups in total. The Labute approximate surface area is 114 Å². The van der Waals surface area contributed by atoms with Gasteiger partial charge in [-0.15, -0.1) is 11.3 Å². The Kier molecular flexibility index (Phi) is 3.04. The van der Waals surface area contributed by atoms with Crippen LogP contribution in [-0.2, 0) is 13.2 Å². The molecule has 0 fully saturated rings. The normalized spacial score (nSPS) is 11.3. The number of furan rings is 1. The van der Waals surface area contributed by atoms with Gasteiger partial charge in [-0.05, 0) is 13.0 Å². The standard InChI is InChI=1S/C13H15N3O2S/c1-9-10(3-5-18-9)7-15(2)12-11(8-17)16-4-6-19-13(16)14-12/h3-6,17H,7-8H2,1-2H3. The molecule has 0 amide bonds. The van der Waals surface area contributed by atoms with Crippen LogP contribution in [-0.4, -0.2) is 21.5 Å². The molecule has 0 aromatic carbocycles. The number of nitrogens with zero attached hydrogens (tertiary/aromatic N) is 3. The van der Waals surface area contributed by atoms with E-state index in [-0.39, 0.29) is 6.61 Å². The second-order valence-electron chi connectivity index (χ2n) is 4.45. The van der Waals surface area contributed by atoms with E-state index in [1.54, 1.807) is 17.6 Å². The van der Waals surface area contributed by atoms with Crippen LogP contribution >= 0.6 is 11.3 Å². The predicted octanol–water partition coefficient (Wildman–Crippen LogP) is 2.43. The number of hydrogen-bond donors (Lipinski definition) is 1. The van der Waals surface area contributed by atoms with Gasteiger partial charge < -0.3 is 14.4 Å². The quantitative estimate of drug-likeness (QED) is 0.795. The Balaban J connectivity index is 1.94. The van der Waals surface area contributed by atoms with Crippen molar-refractivity contribution >= 4 is 22.1 Å². The van der Waals surface area contributed by atoms with Gasteiger partial charge in [-0.2, -0.15) is 0 Å². The molecule has 0 saturated carbocycles. The summed E-state index contributed by atoms with van der Waals surface area (Å²) in [4.78, 5) is 7.50. The van der Waals surface area contributed by atoms with Crippen molar-refractivity contribution in [1.82, 2.24) is 9.38 Å². The Morgan fingerprint density at radius 1 is 1.53 bits per heavy atom. The van der Waals surface area contributed by atoms with Gasteiger partial charge in [-0.3, -0.25) is 4.40 Å². The lowest BCUT2D eigenvalue weighted by atomic mass is 10.2. The van der Waals surface area contributed by atoms with Crippen LogP contribution in [0.1, 0.15) is 17.0 Å². The zero-order chi connectivity index (χ0) is 13.4. The number of imidazole rings is 1. The highest BCUT2D eigenvalue weighted by atomic mass is 32.1. The molecule has 3 aromatic rings. The summed E-state index contributed by atoms with van der Waals surface area (Å²) in [5.41, 5.74) is 1.95. The number of fused-ring (bicyclic) bond motifs is 1. The van der Waals surface area contributed by atoms with E-state index in [1.165, 1.54) is 0 Å². The number of anilines is 1. The highest BCUT2D eigenvalue weighted by Gasteiger charge is 2.17. The molecule has 0 aliphatic heterocycles. The summed E-state index contributed by atoms with van der Waals surface area (Å²) in [5, 5.41) is 11.5. The fraction of sp³-hybridized carbons (Fsp3) is 0.308. The molecule has 0 aliphatic carbocycles. The van der Waals surface area contributed by atoms with E-state index < -0.39 is 0 Å². The van der Waals surface area contributed by atoms with E-state index in [9.17, 15) is 5.11 Å². The van der Waals surface area contributed by atoms with Crippen molar-refractivity contribution in [2.45, 2.75) is 20.1 Å². The Morgan fingerprint density at radius 3 is 3.05 bits per heavy atom. The minimum atomic E-state index is -0.0259. The molecule has 0 atom stereocenters. The van der Waals surface area contributed by atoms with Crippen molar-refractivity contribution < 1.29 is 9.52 Å². The monoisotopic (exact) mass is 277 g/mol. The summed E-state index contributed by atoms with van der Waals surface area (Å²) < 4.78 is 7.23. The highest BCUT2D eigenvalue weighted by Crippen LogP contribution is 2.25. The van der Waals surface area contributed by atoms with Gasteiger partial charge >= 0.3 is 0 Å². The summed E-state index contributed by atoms with van der Waals surface area (Å²) in [7, 11) is 1.97. The lowest BCUT2D eigenvalue weighted by molar-refractivity contribution is 0.276. The largest absolute Gasteiger partial charge is 0.469 e. The van der Waals surface area contributed by atoms with E-state index >= 15 is 0 Å². The Bertz CT molecular complexity index is 698. The molecule has 0 spiro atoms. The third-order valence-corrected chi connectivity index (χ3v) is 3.98. The molecular weight excluding hydrogens is 262 g/mol. The van der Waals surface area contributed by atoms with Crippen LogP contribution in [0.15, 0.2) is 28.3 Å². The summed E-state index contributed by atoms with van der Waals surface area (Å²) in [6.07, 6.45) is 3.62. The van der Waals surface area contributed by atoms with E-state index in [4.69, 9.17) is 4.42 Å². The molecule has 0 radical (unpaired) electrons. The third-order valence-electron chi connectivity index (χ3n) is 3.23. The molecule has 0 bridgehead atoms. The van der Waals surface area contributed by atoms with Gasteiger partial charge in [0.05, 0.1) is 18.6 Å². The first-order valence-electron chi connectivity index (χ1n) is 6.00. The lowest BCUT2D eigenvalue weighted by Gasteiger charge is -2.17. The van der Waals surface area contributed by atoms with Crippen LogP contribution in [0.5, 0.6) is 0 Å². The molecule has 5 nitrogen and oxygen atoms in total. The van der Waals surface area contributed by atoms with Crippen molar-refractivity contribution in [1.29, 1.82) is 0 Å². The van der Waals surface area contributed by atoms with Crippen LogP contribution in [0, 0.1) is 6.92 Å². The van der Waals surface area contributed by atoms with Crippen LogP contribution in [0.25, 0.3) is 4.96 Å². The number of aliphatic hydroxyl groups excluding tert-OH is 1. The van der Waals surface area contributed by atoms with Crippen molar-refractivity contribution in [3.63, 3.8) is 0 Å². The topological polar surface area (TPSA) is 53.9 Å². The lowest BCUT2D eigenvalue weighted by Crippen LogP contribution is -2.18. The van der Waals surface area contributed by atoms with Crippen LogP contribution in [0.2, 0.25) is 0 Å². The number of aromatic nitrogens is 2. The zero-order valence-electron chi connectivity index (χ0n) is 10.8. The second-order valence-corrected chi connectivity index (χ2v) is 5.33. The Hall–Kier alpha value is -1.79. The molecule has 3 aromatic heterocycles. The number of aliphatic hydroxyl groups is 1. The van der Waals surface area contributed by atoms with Crippen molar-refractivity contribution in [3.05, 3.63) is 40.9 Å². The van der Waals surface area contributed by atoms with E-state index in [0.717, 1.165) is 27.8 Å². The molecule has 3 heterocycles. The second kappa shape index (κ2) is 4.71. The maximum Gasteiger partial charge on any atom is 0.195 e. The smallest absolute Gasteiger partial charge is 0.195 e. The first kappa shape index (κ1) is 12.3. The first-order valence-corrected chi connectivity index (χ1v) is 6.88. The third kappa shape index (κ3) is 2.02. The molecular formula is C13H15N3O2S. The fourth-order valence-corrected chi connectivity index (χ4v) is 2.91. The SMILES string of the molecule is Cc1occc1CN(C)c1nc2sccn2c1CO. The van der Waals surface area contributed by atoms with Gasteiger partial charge in [0, 0.05) is 30.7 Å². The highest BCUT2D eigenvalue weighted by molar-refractivity contribution is 7.15. The number of hydrogen-bond acceptors (Lipinski definition) is 5. The van der Waals surface area contributed by atoms with Gasteiger partial charge in [0.15, 0.2) is 10.8 Å². The molecule has 0 aliphatic rings. The average Bonchev–Trinajstić information content (AvgIpc) is 3.05. The van der Waals surface area contributed by atoms with Crippen molar-refractivity contribution in [3.8, 4) is 0 Å².